The highest BCUT2D eigenvalue weighted by atomic mass is 35.5. The predicted octanol–water partition coefficient (Wildman–Crippen LogP) is 5.43. The molecule has 37 heavy (non-hydrogen) atoms. The molecule has 1 heterocycles. The van der Waals surface area contributed by atoms with Gasteiger partial charge in [0, 0.05) is 36.3 Å². The second kappa shape index (κ2) is 10.4. The highest BCUT2D eigenvalue weighted by molar-refractivity contribution is 6.40. The number of hydrogen-bond acceptors (Lipinski definition) is 5. The largest absolute Gasteiger partial charge is 0.479 e. The number of nitrogens with zero attached hydrogens (tertiary/aromatic N) is 1. The smallest absolute Gasteiger partial charge is 0.329 e. The number of halogens is 2. The molecule has 0 saturated carbocycles. The second-order valence-corrected chi connectivity index (χ2v) is 9.90. The molecule has 0 aliphatic heterocycles. The Morgan fingerprint density at radius 3 is 2.19 bits per heavy atom. The van der Waals surface area contributed by atoms with E-state index in [4.69, 9.17) is 23.2 Å². The van der Waals surface area contributed by atoms with Gasteiger partial charge in [-0.25, -0.2) is 4.79 Å². The number of nitrogens with one attached hydrogen (secondary N) is 2. The normalized spacial score (nSPS) is 18.3. The summed E-state index contributed by atoms with van der Waals surface area (Å²) in [5.74, 6) is -1.59. The van der Waals surface area contributed by atoms with Crippen LogP contribution in [-0.2, 0) is 21.4 Å². The maximum absolute atomic E-state index is 12.6. The highest BCUT2D eigenvalue weighted by Gasteiger charge is 2.49. The number of pyridine rings is 1. The molecule has 9 heteroatoms. The van der Waals surface area contributed by atoms with Gasteiger partial charge in [0.1, 0.15) is 5.54 Å². The summed E-state index contributed by atoms with van der Waals surface area (Å²) >= 11 is 12.1. The van der Waals surface area contributed by atoms with Gasteiger partial charge in [0.2, 0.25) is 0 Å². The van der Waals surface area contributed by atoms with E-state index in [0.29, 0.717) is 11.4 Å². The molecule has 0 fully saturated rings. The number of aromatic nitrogens is 1. The van der Waals surface area contributed by atoms with Crippen LogP contribution >= 0.6 is 23.2 Å². The maximum Gasteiger partial charge on any atom is 0.329 e. The molecule has 1 aromatic heterocycles. The summed E-state index contributed by atoms with van der Waals surface area (Å²) in [5.41, 5.74) is 0.450. The van der Waals surface area contributed by atoms with Crippen molar-refractivity contribution in [1.29, 1.82) is 0 Å². The molecular formula is C28H25Cl2N3O4. The minimum Gasteiger partial charge on any atom is -0.479 e. The summed E-state index contributed by atoms with van der Waals surface area (Å²) in [6.45, 7) is 3.59. The first-order valence-corrected chi connectivity index (χ1v) is 12.4. The number of allylic oxidation sites excluding steroid dienone is 2. The monoisotopic (exact) mass is 537 g/mol. The molecule has 0 spiro atoms. The standard InChI is InChI=1S/C28H25Cl2N3O4/c1-3-28(26(36)37,33-22-13-23(34)27(22,2)18-7-5-4-6-8-18)14-17-9-11-19(12-10-17)32-25(35)24-20(29)15-31-16-21(24)30/h4-13,15-16,33H,3,14H2,1-2H3,(H,32,35)(H,36,37)/t27?,28-/m0/s1. The molecule has 0 saturated heterocycles. The van der Waals surface area contributed by atoms with Crippen molar-refractivity contribution in [2.75, 3.05) is 5.32 Å². The second-order valence-electron chi connectivity index (χ2n) is 9.09. The van der Waals surface area contributed by atoms with E-state index in [9.17, 15) is 19.5 Å². The lowest BCUT2D eigenvalue weighted by atomic mass is 9.67. The Morgan fingerprint density at radius 2 is 1.65 bits per heavy atom. The fourth-order valence-electron chi connectivity index (χ4n) is 4.38. The van der Waals surface area contributed by atoms with Gasteiger partial charge in [-0.2, -0.15) is 0 Å². The van der Waals surface area contributed by atoms with E-state index in [2.05, 4.69) is 15.6 Å². The number of carboxylic acid groups (broad SMARTS) is 1. The van der Waals surface area contributed by atoms with Gasteiger partial charge in [0.15, 0.2) is 5.78 Å². The first-order valence-electron chi connectivity index (χ1n) is 11.6. The minimum absolute atomic E-state index is 0.0777. The number of rotatable bonds is 9. The minimum atomic E-state index is -1.34. The molecule has 0 bridgehead atoms. The van der Waals surface area contributed by atoms with E-state index in [0.717, 1.165) is 11.1 Å². The average Bonchev–Trinajstić information content (AvgIpc) is 2.88. The molecule has 7 nitrogen and oxygen atoms in total. The van der Waals surface area contributed by atoms with E-state index in [1.807, 2.05) is 30.3 Å². The van der Waals surface area contributed by atoms with E-state index in [1.165, 1.54) is 18.5 Å². The van der Waals surface area contributed by atoms with Gasteiger partial charge < -0.3 is 15.7 Å². The summed E-state index contributed by atoms with van der Waals surface area (Å²) in [4.78, 5) is 41.6. The fourth-order valence-corrected chi connectivity index (χ4v) is 4.91. The van der Waals surface area contributed by atoms with Gasteiger partial charge >= 0.3 is 5.97 Å². The number of carbonyl (C=O) groups is 3. The van der Waals surface area contributed by atoms with Crippen LogP contribution in [0.5, 0.6) is 0 Å². The number of hydrogen-bond donors (Lipinski definition) is 3. The fraction of sp³-hybridized carbons (Fsp3) is 0.214. The summed E-state index contributed by atoms with van der Waals surface area (Å²) in [7, 11) is 0. The van der Waals surface area contributed by atoms with Gasteiger partial charge in [-0.05, 0) is 36.6 Å². The van der Waals surface area contributed by atoms with Gasteiger partial charge in [-0.3, -0.25) is 14.6 Å². The van der Waals surface area contributed by atoms with E-state index < -0.39 is 22.8 Å². The summed E-state index contributed by atoms with van der Waals surface area (Å²) < 4.78 is 0. The van der Waals surface area contributed by atoms with Crippen LogP contribution in [0.4, 0.5) is 5.69 Å². The molecule has 4 rings (SSSR count). The molecule has 1 unspecified atom stereocenters. The Kier molecular flexibility index (Phi) is 7.39. The van der Waals surface area contributed by atoms with Crippen LogP contribution in [0.25, 0.3) is 0 Å². The molecule has 3 aromatic rings. The zero-order valence-electron chi connectivity index (χ0n) is 20.2. The molecule has 1 aliphatic carbocycles. The summed E-state index contributed by atoms with van der Waals surface area (Å²) in [5, 5.41) is 16.5. The maximum atomic E-state index is 12.6. The zero-order valence-corrected chi connectivity index (χ0v) is 21.7. The molecule has 0 radical (unpaired) electrons. The third-order valence-corrected chi connectivity index (χ3v) is 7.42. The third-order valence-electron chi connectivity index (χ3n) is 6.84. The lowest BCUT2D eigenvalue weighted by Gasteiger charge is -2.43. The summed E-state index contributed by atoms with van der Waals surface area (Å²) in [6.07, 6.45) is 4.57. The SMILES string of the molecule is CC[C@@](Cc1ccc(NC(=O)c2c(Cl)cncc2Cl)cc1)(NC1=CC(=O)C1(C)c1ccccc1)C(=O)O. The molecule has 1 amide bonds. The molecule has 1 aliphatic rings. The Bertz CT molecular complexity index is 1370. The van der Waals surface area contributed by atoms with Crippen LogP contribution < -0.4 is 10.6 Å². The third kappa shape index (κ3) is 4.97. The lowest BCUT2D eigenvalue weighted by Crippen LogP contribution is -2.59. The Balaban J connectivity index is 1.53. The van der Waals surface area contributed by atoms with Crippen LogP contribution in [0.3, 0.4) is 0 Å². The van der Waals surface area contributed by atoms with Crippen LogP contribution in [0, 0.1) is 0 Å². The Hall–Kier alpha value is -3.68. The van der Waals surface area contributed by atoms with E-state index in [-0.39, 0.29) is 34.2 Å². The average molecular weight is 538 g/mol. The van der Waals surface area contributed by atoms with Gasteiger partial charge in [-0.15, -0.1) is 0 Å². The predicted molar refractivity (Wildman–Crippen MR) is 143 cm³/mol. The molecule has 2 atom stereocenters. The molecule has 2 aromatic carbocycles. The van der Waals surface area contributed by atoms with Crippen LogP contribution in [-0.4, -0.2) is 33.3 Å². The van der Waals surface area contributed by atoms with Gasteiger partial charge in [0.05, 0.1) is 21.0 Å². The quantitative estimate of drug-likeness (QED) is 0.335. The number of benzene rings is 2. The lowest BCUT2D eigenvalue weighted by molar-refractivity contribution is -0.145. The topological polar surface area (TPSA) is 108 Å². The zero-order chi connectivity index (χ0) is 26.8. The van der Waals surface area contributed by atoms with E-state index in [1.54, 1.807) is 38.1 Å². The number of anilines is 1. The Labute approximate surface area is 224 Å². The van der Waals surface area contributed by atoms with Crippen LogP contribution in [0.2, 0.25) is 10.0 Å². The van der Waals surface area contributed by atoms with Crippen molar-refractivity contribution in [3.63, 3.8) is 0 Å². The highest BCUT2D eigenvalue weighted by Crippen LogP contribution is 2.40. The van der Waals surface area contributed by atoms with Crippen molar-refractivity contribution in [2.24, 2.45) is 0 Å². The number of ketones is 1. The van der Waals surface area contributed by atoms with Crippen LogP contribution in [0.15, 0.2) is 78.8 Å². The van der Waals surface area contributed by atoms with Crippen molar-refractivity contribution < 1.29 is 19.5 Å². The van der Waals surface area contributed by atoms with Crippen molar-refractivity contribution in [2.45, 2.75) is 37.6 Å². The van der Waals surface area contributed by atoms with Gasteiger partial charge in [-0.1, -0.05) is 72.6 Å². The number of carboxylic acids is 1. The van der Waals surface area contributed by atoms with Crippen LogP contribution in [0.1, 0.15) is 41.8 Å². The molecule has 190 valence electrons. The van der Waals surface area contributed by atoms with Crippen molar-refractivity contribution in [3.05, 3.63) is 105 Å². The van der Waals surface area contributed by atoms with Gasteiger partial charge in [0.25, 0.3) is 5.91 Å². The van der Waals surface area contributed by atoms with Crippen molar-refractivity contribution in [3.8, 4) is 0 Å². The number of carbonyl (C=O) groups excluding carboxylic acids is 2. The number of aliphatic carboxylic acids is 1. The Morgan fingerprint density at radius 1 is 1.03 bits per heavy atom. The van der Waals surface area contributed by atoms with Crippen molar-refractivity contribution in [1.82, 2.24) is 10.3 Å². The first kappa shape index (κ1) is 26.4. The first-order chi connectivity index (χ1) is 17.6. The molecule has 3 N–H and O–H groups in total. The summed E-state index contributed by atoms with van der Waals surface area (Å²) in [6, 6.07) is 16.1. The molecular weight excluding hydrogens is 513 g/mol. The van der Waals surface area contributed by atoms with E-state index >= 15 is 0 Å². The number of amides is 1. The van der Waals surface area contributed by atoms with Crippen molar-refractivity contribution >= 4 is 46.5 Å².